The molecule has 46 heavy (non-hydrogen) atoms. The molecule has 1 heterocycles. The molecule has 0 saturated carbocycles. The highest BCUT2D eigenvalue weighted by Crippen LogP contribution is 2.36. The summed E-state index contributed by atoms with van der Waals surface area (Å²) in [6, 6.07) is 40.2. The molecule has 0 fully saturated rings. The second-order valence-corrected chi connectivity index (χ2v) is 14.7. The second kappa shape index (κ2) is 11.9. The third kappa shape index (κ3) is 6.33. The molecule has 0 aliphatic heterocycles. The van der Waals surface area contributed by atoms with Crippen LogP contribution in [-0.4, -0.2) is 10.1 Å². The van der Waals surface area contributed by atoms with E-state index in [0.717, 1.165) is 22.9 Å². The Kier molecular flexibility index (Phi) is 8.06. The Hall–Kier alpha value is -4.76. The molecule has 0 aliphatic carbocycles. The molecule has 0 saturated heterocycles. The van der Waals surface area contributed by atoms with Crippen LogP contribution in [0.3, 0.4) is 0 Å². The number of aromatic amines is 1. The van der Waals surface area contributed by atoms with E-state index in [9.17, 15) is 0 Å². The number of H-pyrrole nitrogens is 1. The lowest BCUT2D eigenvalue weighted by Gasteiger charge is -2.20. The van der Waals surface area contributed by atoms with Crippen LogP contribution >= 0.6 is 0 Å². The molecule has 6 aromatic rings. The minimum absolute atomic E-state index is 0.114. The van der Waals surface area contributed by atoms with Crippen LogP contribution in [0.25, 0.3) is 50.5 Å². The van der Waals surface area contributed by atoms with Gasteiger partial charge in [0.15, 0.2) is 5.69 Å². The Morgan fingerprint density at radius 2 is 0.891 bits per heavy atom. The predicted molar refractivity (Wildman–Crippen MR) is 193 cm³/mol. The molecule has 0 atom stereocenters. The van der Waals surface area contributed by atoms with E-state index in [4.69, 9.17) is 4.98 Å². The Labute approximate surface area is 275 Å². The first-order valence-electron chi connectivity index (χ1n) is 16.3. The van der Waals surface area contributed by atoms with Gasteiger partial charge in [0, 0.05) is 6.92 Å². The minimum atomic E-state index is 0.114. The van der Waals surface area contributed by atoms with Crippen molar-refractivity contribution in [1.29, 1.82) is 0 Å². The number of nitrogens with zero attached hydrogens (tertiary/aromatic N) is 2. The molecular formula is C43H46N3+. The molecule has 3 heteroatoms. The van der Waals surface area contributed by atoms with Gasteiger partial charge in [0.25, 0.3) is 0 Å². The quantitative estimate of drug-likeness (QED) is 0.195. The molecule has 0 aliphatic rings. The number of benzene rings is 5. The molecule has 232 valence electrons. The summed E-state index contributed by atoms with van der Waals surface area (Å²) < 4.78 is 2.13. The Balaban J connectivity index is 1.48. The van der Waals surface area contributed by atoms with E-state index in [-0.39, 0.29) is 10.8 Å². The lowest BCUT2D eigenvalue weighted by Crippen LogP contribution is -2.37. The maximum atomic E-state index is 4.86. The van der Waals surface area contributed by atoms with Crippen LogP contribution in [0.2, 0.25) is 0 Å². The molecular weight excluding hydrogens is 558 g/mol. The molecule has 0 bridgehead atoms. The smallest absolute Gasteiger partial charge is 0.186 e. The van der Waals surface area contributed by atoms with Crippen LogP contribution in [0, 0.1) is 20.8 Å². The molecule has 6 rings (SSSR count). The van der Waals surface area contributed by atoms with Crippen LogP contribution in [0.15, 0.2) is 109 Å². The van der Waals surface area contributed by atoms with Crippen molar-refractivity contribution in [3.8, 4) is 50.5 Å². The van der Waals surface area contributed by atoms with Gasteiger partial charge in [-0.25, -0.2) is 0 Å². The van der Waals surface area contributed by atoms with Crippen molar-refractivity contribution in [2.24, 2.45) is 0 Å². The summed E-state index contributed by atoms with van der Waals surface area (Å²) in [4.78, 5) is 4.86. The highest BCUT2D eigenvalue weighted by molar-refractivity contribution is 5.82. The Morgan fingerprint density at radius 3 is 1.33 bits per heavy atom. The van der Waals surface area contributed by atoms with Gasteiger partial charge in [-0.15, -0.1) is 4.68 Å². The molecule has 0 amide bonds. The fourth-order valence-corrected chi connectivity index (χ4v) is 6.32. The average Bonchev–Trinajstić information content (AvgIpc) is 3.41. The third-order valence-electron chi connectivity index (χ3n) is 8.94. The number of aromatic nitrogens is 3. The Bertz CT molecular complexity index is 1900. The predicted octanol–water partition coefficient (Wildman–Crippen LogP) is 10.9. The number of hydrogen-bond donors (Lipinski definition) is 1. The van der Waals surface area contributed by atoms with E-state index in [0.29, 0.717) is 0 Å². The van der Waals surface area contributed by atoms with E-state index < -0.39 is 0 Å². The van der Waals surface area contributed by atoms with Crippen LogP contribution < -0.4 is 4.68 Å². The third-order valence-corrected chi connectivity index (χ3v) is 8.94. The van der Waals surface area contributed by atoms with E-state index in [1.165, 1.54) is 55.6 Å². The van der Waals surface area contributed by atoms with Gasteiger partial charge in [-0.1, -0.05) is 108 Å². The van der Waals surface area contributed by atoms with Crippen LogP contribution in [0.4, 0.5) is 0 Å². The summed E-state index contributed by atoms with van der Waals surface area (Å²) in [6.45, 7) is 20.0. The zero-order valence-electron chi connectivity index (χ0n) is 28.8. The van der Waals surface area contributed by atoms with Gasteiger partial charge in [-0.2, -0.15) is 5.10 Å². The van der Waals surface area contributed by atoms with Gasteiger partial charge in [0.2, 0.25) is 5.82 Å². The first-order valence-corrected chi connectivity index (χ1v) is 16.3. The average molecular weight is 605 g/mol. The van der Waals surface area contributed by atoms with E-state index in [1.807, 2.05) is 13.0 Å². The van der Waals surface area contributed by atoms with Gasteiger partial charge in [-0.05, 0) is 128 Å². The van der Waals surface area contributed by atoms with E-state index in [1.54, 1.807) is 0 Å². The summed E-state index contributed by atoms with van der Waals surface area (Å²) in [5.41, 5.74) is 14.8. The monoisotopic (exact) mass is 604 g/mol. The van der Waals surface area contributed by atoms with Crippen molar-refractivity contribution in [1.82, 2.24) is 10.1 Å². The van der Waals surface area contributed by atoms with Gasteiger partial charge in [-0.3, -0.25) is 0 Å². The molecule has 1 N–H and O–H groups in total. The molecule has 0 spiro atoms. The zero-order chi connectivity index (χ0) is 32.8. The van der Waals surface area contributed by atoms with Gasteiger partial charge in [0.1, 0.15) is 0 Å². The van der Waals surface area contributed by atoms with Gasteiger partial charge < -0.3 is 0 Å². The van der Waals surface area contributed by atoms with Crippen molar-refractivity contribution in [2.75, 3.05) is 0 Å². The SMILES string of the molecule is Cc1nc(-c2ccccc2)[n+](-c2c(C)cc(-c3cc(-c4ccc(C(C)(C)C)cc4)cc(-c4ccc(C(C)(C)C)cc4)c3)cc2C)[nH]1. The zero-order valence-corrected chi connectivity index (χ0v) is 28.8. The fraction of sp³-hybridized carbons (Fsp3) is 0.256. The normalized spacial score (nSPS) is 12.0. The summed E-state index contributed by atoms with van der Waals surface area (Å²) in [5, 5.41) is 3.50. The number of nitrogens with one attached hydrogen (secondary N) is 1. The van der Waals surface area contributed by atoms with Gasteiger partial charge in [0.05, 0.1) is 5.56 Å². The summed E-state index contributed by atoms with van der Waals surface area (Å²) >= 11 is 0. The highest BCUT2D eigenvalue weighted by Gasteiger charge is 2.25. The summed E-state index contributed by atoms with van der Waals surface area (Å²) in [6.07, 6.45) is 0. The topological polar surface area (TPSA) is 32.6 Å². The molecule has 5 aromatic carbocycles. The fourth-order valence-electron chi connectivity index (χ4n) is 6.32. The molecule has 0 unspecified atom stereocenters. The second-order valence-electron chi connectivity index (χ2n) is 14.7. The van der Waals surface area contributed by atoms with Crippen molar-refractivity contribution in [3.63, 3.8) is 0 Å². The summed E-state index contributed by atoms with van der Waals surface area (Å²) in [5.74, 6) is 1.80. The minimum Gasteiger partial charge on any atom is -0.186 e. The summed E-state index contributed by atoms with van der Waals surface area (Å²) in [7, 11) is 0. The number of aryl methyl sites for hydroxylation is 3. The largest absolute Gasteiger partial charge is 0.356 e. The van der Waals surface area contributed by atoms with Crippen LogP contribution in [0.1, 0.15) is 69.6 Å². The van der Waals surface area contributed by atoms with E-state index >= 15 is 0 Å². The maximum Gasteiger partial charge on any atom is 0.356 e. The molecule has 3 nitrogen and oxygen atoms in total. The van der Waals surface area contributed by atoms with Gasteiger partial charge >= 0.3 is 5.82 Å². The van der Waals surface area contributed by atoms with Crippen molar-refractivity contribution < 1.29 is 4.68 Å². The number of hydrogen-bond acceptors (Lipinski definition) is 1. The lowest BCUT2D eigenvalue weighted by atomic mass is 9.85. The molecule has 0 radical (unpaired) electrons. The van der Waals surface area contributed by atoms with Crippen molar-refractivity contribution in [2.45, 2.75) is 73.1 Å². The van der Waals surface area contributed by atoms with E-state index in [2.05, 4.69) is 168 Å². The first-order chi connectivity index (χ1) is 21.8. The van der Waals surface area contributed by atoms with Crippen molar-refractivity contribution in [3.05, 3.63) is 137 Å². The first kappa shape index (κ1) is 31.2. The Morgan fingerprint density at radius 1 is 0.478 bits per heavy atom. The van der Waals surface area contributed by atoms with Crippen LogP contribution in [0.5, 0.6) is 0 Å². The number of rotatable bonds is 5. The highest BCUT2D eigenvalue weighted by atomic mass is 15.4. The lowest BCUT2D eigenvalue weighted by molar-refractivity contribution is -0.646. The van der Waals surface area contributed by atoms with Crippen LogP contribution in [-0.2, 0) is 10.8 Å². The van der Waals surface area contributed by atoms with Crippen molar-refractivity contribution >= 4 is 0 Å². The standard InChI is InChI=1S/C43H45N3/c1-28-23-34(24-29(2)40(28)46-41(44-30(3)45-46)33-13-11-10-12-14-33)37-26-35(31-15-19-38(20-16-31)42(4,5)6)25-36(27-37)32-17-21-39(22-18-32)43(7,8)9/h10-27H,1-9H3/p+1. The maximum absolute atomic E-state index is 4.86. The molecule has 1 aromatic heterocycles.